The predicted octanol–water partition coefficient (Wildman–Crippen LogP) is 2.49. The monoisotopic (exact) mass is 224 g/mol. The van der Waals surface area contributed by atoms with Gasteiger partial charge in [-0.3, -0.25) is 4.79 Å². The number of nitrogens with zero attached hydrogens (tertiary/aromatic N) is 2. The van der Waals surface area contributed by atoms with E-state index in [1.807, 2.05) is 0 Å². The summed E-state index contributed by atoms with van der Waals surface area (Å²) in [4.78, 5) is 10.5. The smallest absolute Gasteiger partial charge is 0.314 e. The Morgan fingerprint density at radius 3 is 2.75 bits per heavy atom. The summed E-state index contributed by atoms with van der Waals surface area (Å²) in [6.45, 7) is 0. The molecule has 4 nitrogen and oxygen atoms in total. The molecule has 0 saturated heterocycles. The van der Waals surface area contributed by atoms with E-state index in [0.717, 1.165) is 0 Å². The Morgan fingerprint density at radius 1 is 1.31 bits per heavy atom. The number of hydrogen-bond donors (Lipinski definition) is 0. The second kappa shape index (κ2) is 4.18. The average Bonchev–Trinajstić information content (AvgIpc) is 2.78. The van der Waals surface area contributed by atoms with Crippen LogP contribution in [0.3, 0.4) is 0 Å². The Kier molecular flexibility index (Phi) is 2.72. The zero-order chi connectivity index (χ0) is 11.5. The molecular formula is C10H6F2N2O2. The van der Waals surface area contributed by atoms with Crippen LogP contribution in [0.25, 0.3) is 11.5 Å². The first-order valence-corrected chi connectivity index (χ1v) is 4.38. The molecule has 0 bridgehead atoms. The summed E-state index contributed by atoms with van der Waals surface area (Å²) < 4.78 is 29.1. The van der Waals surface area contributed by atoms with Gasteiger partial charge in [-0.05, 0) is 12.1 Å². The lowest BCUT2D eigenvalue weighted by atomic mass is 10.1. The van der Waals surface area contributed by atoms with Crippen LogP contribution in [0.2, 0.25) is 0 Å². The van der Waals surface area contributed by atoms with E-state index in [0.29, 0.717) is 17.4 Å². The molecule has 0 saturated carbocycles. The highest BCUT2D eigenvalue weighted by Crippen LogP contribution is 2.23. The van der Waals surface area contributed by atoms with Crippen molar-refractivity contribution < 1.29 is 18.0 Å². The van der Waals surface area contributed by atoms with Crippen LogP contribution >= 0.6 is 0 Å². The van der Waals surface area contributed by atoms with Crippen LogP contribution in [0.4, 0.5) is 8.78 Å². The number of hydrogen-bond acceptors (Lipinski definition) is 4. The van der Waals surface area contributed by atoms with Crippen molar-refractivity contribution in [1.29, 1.82) is 0 Å². The molecule has 1 heterocycles. The van der Waals surface area contributed by atoms with Gasteiger partial charge in [-0.15, -0.1) is 10.2 Å². The van der Waals surface area contributed by atoms with Gasteiger partial charge >= 0.3 is 6.43 Å². The summed E-state index contributed by atoms with van der Waals surface area (Å²) >= 11 is 0. The molecule has 0 aliphatic carbocycles. The Bertz CT molecular complexity index is 511. The second-order valence-corrected chi connectivity index (χ2v) is 2.99. The molecule has 0 fully saturated rings. The second-order valence-electron chi connectivity index (χ2n) is 2.99. The molecule has 0 unspecified atom stereocenters. The van der Waals surface area contributed by atoms with E-state index < -0.39 is 12.3 Å². The maximum absolute atomic E-state index is 12.2. The van der Waals surface area contributed by atoms with Gasteiger partial charge in [0.25, 0.3) is 5.89 Å². The molecular weight excluding hydrogens is 218 g/mol. The number of benzene rings is 1. The fourth-order valence-electron chi connectivity index (χ4n) is 1.18. The van der Waals surface area contributed by atoms with E-state index in [2.05, 4.69) is 10.2 Å². The van der Waals surface area contributed by atoms with Gasteiger partial charge in [-0.25, -0.2) is 0 Å². The third-order valence-corrected chi connectivity index (χ3v) is 1.90. The van der Waals surface area contributed by atoms with Crippen LogP contribution in [0.5, 0.6) is 0 Å². The Morgan fingerprint density at radius 2 is 2.12 bits per heavy atom. The van der Waals surface area contributed by atoms with E-state index in [9.17, 15) is 13.6 Å². The standard InChI is InChI=1S/C10H6F2N2O2/c11-8(12)10-14-13-9(16-10)7-3-1-2-6(4-7)5-15/h1-5,8H. The number of aromatic nitrogens is 2. The van der Waals surface area contributed by atoms with Crippen molar-refractivity contribution in [2.75, 3.05) is 0 Å². The normalized spacial score (nSPS) is 10.7. The van der Waals surface area contributed by atoms with Gasteiger partial charge in [-0.2, -0.15) is 8.78 Å². The van der Waals surface area contributed by atoms with Crippen molar-refractivity contribution in [3.05, 3.63) is 35.7 Å². The summed E-state index contributed by atoms with van der Waals surface area (Å²) in [5, 5.41) is 6.66. The van der Waals surface area contributed by atoms with E-state index in [-0.39, 0.29) is 5.89 Å². The molecule has 1 aromatic carbocycles. The van der Waals surface area contributed by atoms with Crippen LogP contribution in [0, 0.1) is 0 Å². The first-order chi connectivity index (χ1) is 7.70. The van der Waals surface area contributed by atoms with Crippen molar-refractivity contribution in [3.8, 4) is 11.5 Å². The van der Waals surface area contributed by atoms with Crippen LogP contribution in [-0.4, -0.2) is 16.5 Å². The molecule has 0 aliphatic heterocycles. The maximum atomic E-state index is 12.2. The summed E-state index contributed by atoms with van der Waals surface area (Å²) in [5.41, 5.74) is 0.846. The third-order valence-electron chi connectivity index (χ3n) is 1.90. The molecule has 0 spiro atoms. The van der Waals surface area contributed by atoms with E-state index in [1.54, 1.807) is 18.2 Å². The Hall–Kier alpha value is -2.11. The highest BCUT2D eigenvalue weighted by atomic mass is 19.3. The highest BCUT2D eigenvalue weighted by molar-refractivity contribution is 5.77. The zero-order valence-electron chi connectivity index (χ0n) is 7.93. The molecule has 0 aliphatic rings. The van der Waals surface area contributed by atoms with Crippen molar-refractivity contribution in [3.63, 3.8) is 0 Å². The van der Waals surface area contributed by atoms with Crippen molar-refractivity contribution in [1.82, 2.24) is 10.2 Å². The largest absolute Gasteiger partial charge is 0.415 e. The van der Waals surface area contributed by atoms with E-state index >= 15 is 0 Å². The van der Waals surface area contributed by atoms with Crippen LogP contribution in [0.1, 0.15) is 22.7 Å². The van der Waals surface area contributed by atoms with Gasteiger partial charge in [0.1, 0.15) is 6.29 Å². The molecule has 0 N–H and O–H groups in total. The van der Waals surface area contributed by atoms with Gasteiger partial charge in [-0.1, -0.05) is 12.1 Å². The number of alkyl halides is 2. The molecule has 2 aromatic rings. The van der Waals surface area contributed by atoms with Crippen molar-refractivity contribution in [2.45, 2.75) is 6.43 Å². The summed E-state index contributed by atoms with van der Waals surface area (Å²) in [5.74, 6) is -0.759. The molecule has 6 heteroatoms. The first kappa shape index (κ1) is 10.4. The van der Waals surface area contributed by atoms with Gasteiger partial charge in [0.2, 0.25) is 5.89 Å². The van der Waals surface area contributed by atoms with Gasteiger partial charge in [0.05, 0.1) is 0 Å². The van der Waals surface area contributed by atoms with Gasteiger partial charge in [0, 0.05) is 11.1 Å². The molecule has 2 rings (SSSR count). The molecule has 1 aromatic heterocycles. The van der Waals surface area contributed by atoms with Crippen LogP contribution in [-0.2, 0) is 0 Å². The quantitative estimate of drug-likeness (QED) is 0.751. The summed E-state index contributed by atoms with van der Waals surface area (Å²) in [6.07, 6.45) is -2.15. The van der Waals surface area contributed by atoms with Crippen molar-refractivity contribution in [2.24, 2.45) is 0 Å². The molecule has 0 radical (unpaired) electrons. The number of halogens is 2. The summed E-state index contributed by atoms with van der Waals surface area (Å²) in [6, 6.07) is 6.26. The molecule has 82 valence electrons. The summed E-state index contributed by atoms with van der Waals surface area (Å²) in [7, 11) is 0. The first-order valence-electron chi connectivity index (χ1n) is 4.38. The molecule has 16 heavy (non-hydrogen) atoms. The number of carbonyl (C=O) groups is 1. The number of rotatable bonds is 3. The molecule has 0 amide bonds. The van der Waals surface area contributed by atoms with Crippen LogP contribution < -0.4 is 0 Å². The SMILES string of the molecule is O=Cc1cccc(-c2nnc(C(F)F)o2)c1. The average molecular weight is 224 g/mol. The van der Waals surface area contributed by atoms with Crippen molar-refractivity contribution >= 4 is 6.29 Å². The minimum atomic E-state index is -2.80. The number of carbonyl (C=O) groups excluding carboxylic acids is 1. The number of aldehydes is 1. The fourth-order valence-corrected chi connectivity index (χ4v) is 1.18. The van der Waals surface area contributed by atoms with Gasteiger partial charge in [0.15, 0.2) is 0 Å². The minimum Gasteiger partial charge on any atom is -0.415 e. The van der Waals surface area contributed by atoms with Crippen LogP contribution in [0.15, 0.2) is 28.7 Å². The Labute approximate surface area is 88.9 Å². The molecule has 0 atom stereocenters. The topological polar surface area (TPSA) is 56.0 Å². The predicted molar refractivity (Wildman–Crippen MR) is 50.1 cm³/mol. The zero-order valence-corrected chi connectivity index (χ0v) is 7.93. The highest BCUT2D eigenvalue weighted by Gasteiger charge is 2.16. The minimum absolute atomic E-state index is 0.0287. The lowest BCUT2D eigenvalue weighted by molar-refractivity contribution is 0.112. The lowest BCUT2D eigenvalue weighted by Crippen LogP contribution is -1.82. The van der Waals surface area contributed by atoms with E-state index in [1.165, 1.54) is 6.07 Å². The maximum Gasteiger partial charge on any atom is 0.314 e. The van der Waals surface area contributed by atoms with E-state index in [4.69, 9.17) is 4.42 Å². The lowest BCUT2D eigenvalue weighted by Gasteiger charge is -1.95. The van der Waals surface area contributed by atoms with Gasteiger partial charge < -0.3 is 4.42 Å². The fraction of sp³-hybridized carbons (Fsp3) is 0.100. The third kappa shape index (κ3) is 1.95. The Balaban J connectivity index is 2.38.